The summed E-state index contributed by atoms with van der Waals surface area (Å²) in [5.41, 5.74) is 3.84. The molecule has 154 valence electrons. The van der Waals surface area contributed by atoms with E-state index < -0.39 is 0 Å². The topological polar surface area (TPSA) is 57.7 Å². The number of ether oxygens (including phenoxy) is 1. The Morgan fingerprint density at radius 2 is 1.93 bits per heavy atom. The van der Waals surface area contributed by atoms with Gasteiger partial charge in [-0.1, -0.05) is 30.3 Å². The zero-order valence-electron chi connectivity index (χ0n) is 17.1. The summed E-state index contributed by atoms with van der Waals surface area (Å²) >= 11 is 0. The van der Waals surface area contributed by atoms with Crippen LogP contribution in [0.3, 0.4) is 0 Å². The van der Waals surface area contributed by atoms with E-state index in [1.807, 2.05) is 18.0 Å². The highest BCUT2D eigenvalue weighted by Gasteiger charge is 2.22. The van der Waals surface area contributed by atoms with E-state index in [1.54, 1.807) is 0 Å². The van der Waals surface area contributed by atoms with E-state index in [-0.39, 0.29) is 6.03 Å². The molecule has 0 bridgehead atoms. The fourth-order valence-electron chi connectivity index (χ4n) is 4.15. The van der Waals surface area contributed by atoms with Crippen molar-refractivity contribution >= 4 is 11.8 Å². The molecule has 1 aromatic carbocycles. The fraction of sp³-hybridized carbons (Fsp3) is 0.478. The molecule has 2 amide bonds. The van der Waals surface area contributed by atoms with Crippen LogP contribution in [0.1, 0.15) is 36.5 Å². The molecule has 1 fully saturated rings. The van der Waals surface area contributed by atoms with Gasteiger partial charge in [-0.2, -0.15) is 0 Å². The number of piperidine rings is 1. The Hall–Kier alpha value is -2.60. The second kappa shape index (κ2) is 9.27. The average Bonchev–Trinajstić information content (AvgIpc) is 2.78. The SMILES string of the molecule is CCOC1CCN(C(=O)NCc2ccc(N3CCc4ccccc4C3)nc2)CC1. The first-order chi connectivity index (χ1) is 14.2. The molecule has 0 unspecified atom stereocenters. The van der Waals surface area contributed by atoms with E-state index in [9.17, 15) is 4.79 Å². The maximum Gasteiger partial charge on any atom is 0.317 e. The van der Waals surface area contributed by atoms with Gasteiger partial charge in [0.05, 0.1) is 6.10 Å². The van der Waals surface area contributed by atoms with E-state index in [2.05, 4.69) is 51.6 Å². The standard InChI is InChI=1S/C23H30N4O2/c1-2-29-21-10-13-26(14-11-21)23(28)25-16-18-7-8-22(24-15-18)27-12-9-19-5-3-4-6-20(19)17-27/h3-8,15,21H,2,9-14,16-17H2,1H3,(H,25,28). The molecule has 0 saturated carbocycles. The first-order valence-electron chi connectivity index (χ1n) is 10.6. The van der Waals surface area contributed by atoms with Crippen molar-refractivity contribution in [3.8, 4) is 0 Å². The molecule has 0 atom stereocenters. The summed E-state index contributed by atoms with van der Waals surface area (Å²) in [5.74, 6) is 0.993. The normalized spacial score (nSPS) is 17.1. The van der Waals surface area contributed by atoms with E-state index in [0.717, 1.165) is 63.4 Å². The van der Waals surface area contributed by atoms with Crippen molar-refractivity contribution in [2.24, 2.45) is 0 Å². The first kappa shape index (κ1) is 19.7. The van der Waals surface area contributed by atoms with E-state index >= 15 is 0 Å². The van der Waals surface area contributed by atoms with Crippen molar-refractivity contribution in [3.05, 3.63) is 59.3 Å². The molecule has 2 aliphatic rings. The van der Waals surface area contributed by atoms with Crippen molar-refractivity contribution in [2.75, 3.05) is 31.1 Å². The highest BCUT2D eigenvalue weighted by molar-refractivity contribution is 5.74. The maximum atomic E-state index is 12.4. The summed E-state index contributed by atoms with van der Waals surface area (Å²) in [7, 11) is 0. The molecule has 29 heavy (non-hydrogen) atoms. The quantitative estimate of drug-likeness (QED) is 0.845. The first-order valence-corrected chi connectivity index (χ1v) is 10.6. The van der Waals surface area contributed by atoms with Gasteiger partial charge >= 0.3 is 6.03 Å². The van der Waals surface area contributed by atoms with Crippen molar-refractivity contribution in [2.45, 2.75) is 45.4 Å². The number of pyridine rings is 1. The van der Waals surface area contributed by atoms with Crippen LogP contribution in [-0.4, -0.2) is 48.3 Å². The smallest absolute Gasteiger partial charge is 0.317 e. The predicted molar refractivity (Wildman–Crippen MR) is 114 cm³/mol. The van der Waals surface area contributed by atoms with Gasteiger partial charge in [0.25, 0.3) is 0 Å². The molecular formula is C23H30N4O2. The van der Waals surface area contributed by atoms with Crippen molar-refractivity contribution in [3.63, 3.8) is 0 Å². The fourth-order valence-corrected chi connectivity index (χ4v) is 4.15. The molecule has 0 aliphatic carbocycles. The van der Waals surface area contributed by atoms with Crippen molar-refractivity contribution in [1.82, 2.24) is 15.2 Å². The number of fused-ring (bicyclic) bond motifs is 1. The number of amides is 2. The van der Waals surface area contributed by atoms with Gasteiger partial charge in [-0.25, -0.2) is 9.78 Å². The number of hydrogen-bond donors (Lipinski definition) is 1. The maximum absolute atomic E-state index is 12.4. The molecule has 1 saturated heterocycles. The number of rotatable bonds is 5. The minimum Gasteiger partial charge on any atom is -0.378 e. The van der Waals surface area contributed by atoms with Crippen LogP contribution in [0, 0.1) is 0 Å². The molecule has 0 spiro atoms. The summed E-state index contributed by atoms with van der Waals surface area (Å²) < 4.78 is 5.65. The molecule has 1 aromatic heterocycles. The summed E-state index contributed by atoms with van der Waals surface area (Å²) in [4.78, 5) is 21.2. The Balaban J connectivity index is 1.26. The van der Waals surface area contributed by atoms with Crippen molar-refractivity contribution in [1.29, 1.82) is 0 Å². The monoisotopic (exact) mass is 394 g/mol. The Morgan fingerprint density at radius 3 is 2.66 bits per heavy atom. The number of anilines is 1. The minimum absolute atomic E-state index is 0.00309. The Labute approximate surface area is 172 Å². The number of carbonyl (C=O) groups is 1. The Bertz CT molecular complexity index is 816. The third-order valence-electron chi connectivity index (χ3n) is 5.84. The Morgan fingerprint density at radius 1 is 1.14 bits per heavy atom. The number of aromatic nitrogens is 1. The molecule has 0 radical (unpaired) electrons. The number of urea groups is 1. The van der Waals surface area contributed by atoms with Crippen molar-refractivity contribution < 1.29 is 9.53 Å². The number of likely N-dealkylation sites (tertiary alicyclic amines) is 1. The zero-order chi connectivity index (χ0) is 20.1. The van der Waals surface area contributed by atoms with Crippen LogP contribution in [0.15, 0.2) is 42.6 Å². The van der Waals surface area contributed by atoms with Crippen LogP contribution in [-0.2, 0) is 24.2 Å². The van der Waals surface area contributed by atoms with E-state index in [0.29, 0.717) is 12.6 Å². The molecular weight excluding hydrogens is 364 g/mol. The summed E-state index contributed by atoms with van der Waals surface area (Å²) in [5, 5.41) is 3.02. The molecule has 3 heterocycles. The molecule has 6 nitrogen and oxygen atoms in total. The lowest BCUT2D eigenvalue weighted by molar-refractivity contribution is 0.0220. The minimum atomic E-state index is -0.00309. The van der Waals surface area contributed by atoms with E-state index in [4.69, 9.17) is 4.74 Å². The zero-order valence-corrected chi connectivity index (χ0v) is 17.1. The van der Waals surface area contributed by atoms with Gasteiger partial charge in [-0.15, -0.1) is 0 Å². The Kier molecular flexibility index (Phi) is 6.30. The van der Waals surface area contributed by atoms with Crippen LogP contribution in [0.4, 0.5) is 10.6 Å². The van der Waals surface area contributed by atoms with Gasteiger partial charge < -0.3 is 19.9 Å². The molecule has 2 aromatic rings. The van der Waals surface area contributed by atoms with Gasteiger partial charge in [-0.3, -0.25) is 0 Å². The van der Waals surface area contributed by atoms with Gasteiger partial charge in [-0.05, 0) is 48.9 Å². The number of hydrogen-bond acceptors (Lipinski definition) is 4. The highest BCUT2D eigenvalue weighted by Crippen LogP contribution is 2.23. The third-order valence-corrected chi connectivity index (χ3v) is 5.84. The van der Waals surface area contributed by atoms with Gasteiger partial charge in [0.15, 0.2) is 0 Å². The molecule has 1 N–H and O–H groups in total. The van der Waals surface area contributed by atoms with Crippen LogP contribution >= 0.6 is 0 Å². The number of nitrogens with one attached hydrogen (secondary N) is 1. The lowest BCUT2D eigenvalue weighted by Crippen LogP contribution is -2.45. The highest BCUT2D eigenvalue weighted by atomic mass is 16.5. The second-order valence-corrected chi connectivity index (χ2v) is 7.77. The lowest BCUT2D eigenvalue weighted by atomic mass is 10.00. The molecule has 4 rings (SSSR count). The number of carbonyl (C=O) groups excluding carboxylic acids is 1. The predicted octanol–water partition coefficient (Wildman–Crippen LogP) is 3.35. The van der Waals surface area contributed by atoms with Crippen LogP contribution in [0.25, 0.3) is 0 Å². The third kappa shape index (κ3) is 4.88. The lowest BCUT2D eigenvalue weighted by Gasteiger charge is -2.31. The number of benzene rings is 1. The molecule has 2 aliphatic heterocycles. The summed E-state index contributed by atoms with van der Waals surface area (Å²) in [6.45, 7) is 6.65. The summed E-state index contributed by atoms with van der Waals surface area (Å²) in [6.07, 6.45) is 5.04. The average molecular weight is 395 g/mol. The number of nitrogens with zero attached hydrogens (tertiary/aromatic N) is 3. The summed E-state index contributed by atoms with van der Waals surface area (Å²) in [6, 6.07) is 12.7. The second-order valence-electron chi connectivity index (χ2n) is 7.77. The van der Waals surface area contributed by atoms with Crippen LogP contribution < -0.4 is 10.2 Å². The molecule has 6 heteroatoms. The van der Waals surface area contributed by atoms with Crippen LogP contribution in [0.5, 0.6) is 0 Å². The van der Waals surface area contributed by atoms with Gasteiger partial charge in [0.2, 0.25) is 0 Å². The van der Waals surface area contributed by atoms with Crippen LogP contribution in [0.2, 0.25) is 0 Å². The van der Waals surface area contributed by atoms with E-state index in [1.165, 1.54) is 11.1 Å². The largest absolute Gasteiger partial charge is 0.378 e. The van der Waals surface area contributed by atoms with Gasteiger partial charge in [0.1, 0.15) is 5.82 Å². The van der Waals surface area contributed by atoms with Gasteiger partial charge in [0, 0.05) is 45.5 Å².